The molecule has 26 heavy (non-hydrogen) atoms. The second-order valence-electron chi connectivity index (χ2n) is 7.94. The lowest BCUT2D eigenvalue weighted by atomic mass is 9.86. The Hall–Kier alpha value is -2.25. The monoisotopic (exact) mass is 363 g/mol. The Bertz CT molecular complexity index is 877. The van der Waals surface area contributed by atoms with Gasteiger partial charge in [-0.2, -0.15) is 0 Å². The third-order valence-corrected chi connectivity index (χ3v) is 4.95. The maximum atomic E-state index is 6.13. The molecule has 0 saturated heterocycles. The van der Waals surface area contributed by atoms with Gasteiger partial charge in [-0.3, -0.25) is 0 Å². The molecule has 0 aliphatic carbocycles. The molecule has 0 spiro atoms. The third-order valence-electron chi connectivity index (χ3n) is 4.74. The Morgan fingerprint density at radius 3 is 1.65 bits per heavy atom. The van der Waals surface area contributed by atoms with Crippen molar-refractivity contribution in [1.29, 1.82) is 0 Å². The third kappa shape index (κ3) is 4.11. The highest BCUT2D eigenvalue weighted by Crippen LogP contribution is 2.30. The smallest absolute Gasteiger partial charge is 0.0444 e. The van der Waals surface area contributed by atoms with Crippen molar-refractivity contribution in [3.63, 3.8) is 0 Å². The van der Waals surface area contributed by atoms with E-state index in [2.05, 4.69) is 88.5 Å². The molecular formula is C24H26ClN. The first-order chi connectivity index (χ1) is 12.2. The van der Waals surface area contributed by atoms with Gasteiger partial charge in [0.25, 0.3) is 0 Å². The van der Waals surface area contributed by atoms with Gasteiger partial charge in [0.05, 0.1) is 0 Å². The molecule has 0 fully saturated rings. The lowest BCUT2D eigenvalue weighted by Crippen LogP contribution is -2.10. The van der Waals surface area contributed by atoms with Crippen molar-refractivity contribution in [3.05, 3.63) is 82.4 Å². The zero-order chi connectivity index (χ0) is 18.9. The maximum Gasteiger partial charge on any atom is 0.0444 e. The van der Waals surface area contributed by atoms with Gasteiger partial charge in [0.1, 0.15) is 0 Å². The molecule has 0 bridgehead atoms. The van der Waals surface area contributed by atoms with Gasteiger partial charge in [-0.05, 0) is 71.3 Å². The lowest BCUT2D eigenvalue weighted by molar-refractivity contribution is 0.590. The fourth-order valence-electron chi connectivity index (χ4n) is 3.16. The summed E-state index contributed by atoms with van der Waals surface area (Å²) in [6.07, 6.45) is 0. The van der Waals surface area contributed by atoms with E-state index in [1.165, 1.54) is 16.7 Å². The van der Waals surface area contributed by atoms with Gasteiger partial charge in [0.15, 0.2) is 0 Å². The Balaban J connectivity index is 1.81. The molecule has 3 rings (SSSR count). The number of rotatable bonds is 3. The number of anilines is 2. The van der Waals surface area contributed by atoms with Crippen LogP contribution >= 0.6 is 11.6 Å². The van der Waals surface area contributed by atoms with Crippen molar-refractivity contribution in [2.24, 2.45) is 0 Å². The van der Waals surface area contributed by atoms with Crippen LogP contribution in [0.25, 0.3) is 11.1 Å². The highest BCUT2D eigenvalue weighted by Gasteiger charge is 2.13. The number of nitrogens with one attached hydrogen (secondary N) is 1. The van der Waals surface area contributed by atoms with E-state index in [1.54, 1.807) is 0 Å². The summed E-state index contributed by atoms with van der Waals surface area (Å²) in [7, 11) is 0. The van der Waals surface area contributed by atoms with E-state index in [0.29, 0.717) is 0 Å². The van der Waals surface area contributed by atoms with Crippen LogP contribution in [-0.2, 0) is 5.41 Å². The summed E-state index contributed by atoms with van der Waals surface area (Å²) in [6.45, 7) is 10.9. The van der Waals surface area contributed by atoms with E-state index in [1.807, 2.05) is 12.1 Å². The van der Waals surface area contributed by atoms with Gasteiger partial charge in [0, 0.05) is 16.4 Å². The normalized spacial score (nSPS) is 11.5. The fourth-order valence-corrected chi connectivity index (χ4v) is 3.49. The fraction of sp³-hybridized carbons (Fsp3) is 0.250. The topological polar surface area (TPSA) is 12.0 Å². The summed E-state index contributed by atoms with van der Waals surface area (Å²) in [4.78, 5) is 0. The largest absolute Gasteiger partial charge is 0.355 e. The molecule has 0 radical (unpaired) electrons. The Morgan fingerprint density at radius 1 is 0.731 bits per heavy atom. The van der Waals surface area contributed by atoms with Crippen molar-refractivity contribution in [2.45, 2.75) is 40.0 Å². The minimum absolute atomic E-state index is 0.181. The van der Waals surface area contributed by atoms with Crippen LogP contribution in [0, 0.1) is 13.8 Å². The first-order valence-electron chi connectivity index (χ1n) is 8.99. The summed E-state index contributed by atoms with van der Waals surface area (Å²) in [5, 5.41) is 4.29. The summed E-state index contributed by atoms with van der Waals surface area (Å²) < 4.78 is 0. The van der Waals surface area contributed by atoms with Crippen LogP contribution in [0.15, 0.2) is 60.7 Å². The molecule has 0 unspecified atom stereocenters. The second-order valence-corrected chi connectivity index (χ2v) is 8.38. The highest BCUT2D eigenvalue weighted by molar-refractivity contribution is 6.30. The minimum Gasteiger partial charge on any atom is -0.355 e. The predicted octanol–water partition coefficient (Wildman–Crippen LogP) is 7.66. The van der Waals surface area contributed by atoms with Crippen LogP contribution in [0.3, 0.4) is 0 Å². The molecule has 1 N–H and O–H groups in total. The van der Waals surface area contributed by atoms with Crippen LogP contribution in [0.1, 0.15) is 37.5 Å². The molecule has 3 aromatic carbocycles. The van der Waals surface area contributed by atoms with E-state index in [4.69, 9.17) is 11.6 Å². The molecule has 0 aliphatic rings. The van der Waals surface area contributed by atoms with Gasteiger partial charge in [-0.25, -0.2) is 0 Å². The maximum absolute atomic E-state index is 6.13. The summed E-state index contributed by atoms with van der Waals surface area (Å²) in [5.41, 5.74) is 8.50. The standard InChI is InChI=1S/C24H26ClN/c1-16-14-21(25)15-17(2)23(16)26-22-12-8-19(9-13-22)18-6-10-20(11-7-18)24(3,4)5/h6-15,26H,1-5H3. The second kappa shape index (κ2) is 7.17. The van der Waals surface area contributed by atoms with E-state index in [0.717, 1.165) is 27.5 Å². The lowest BCUT2D eigenvalue weighted by Gasteiger charge is -2.19. The first kappa shape index (κ1) is 18.5. The molecule has 0 atom stereocenters. The molecule has 0 amide bonds. The van der Waals surface area contributed by atoms with Crippen molar-refractivity contribution in [2.75, 3.05) is 5.32 Å². The average Bonchev–Trinajstić information content (AvgIpc) is 2.58. The average molecular weight is 364 g/mol. The van der Waals surface area contributed by atoms with Gasteiger partial charge in [0.2, 0.25) is 0 Å². The van der Waals surface area contributed by atoms with Crippen molar-refractivity contribution in [3.8, 4) is 11.1 Å². The van der Waals surface area contributed by atoms with Crippen molar-refractivity contribution < 1.29 is 0 Å². The molecule has 0 heterocycles. The Labute approximate surface area is 162 Å². The Morgan fingerprint density at radius 2 is 1.19 bits per heavy atom. The van der Waals surface area contributed by atoms with Crippen molar-refractivity contribution >= 4 is 23.0 Å². The molecule has 0 saturated carbocycles. The van der Waals surface area contributed by atoms with Gasteiger partial charge >= 0.3 is 0 Å². The van der Waals surface area contributed by atoms with E-state index in [9.17, 15) is 0 Å². The number of hydrogen-bond donors (Lipinski definition) is 1. The first-order valence-corrected chi connectivity index (χ1v) is 9.36. The van der Waals surface area contributed by atoms with Crippen molar-refractivity contribution in [1.82, 2.24) is 0 Å². The SMILES string of the molecule is Cc1cc(Cl)cc(C)c1Nc1ccc(-c2ccc(C(C)(C)C)cc2)cc1. The molecule has 1 nitrogen and oxygen atoms in total. The van der Waals surface area contributed by atoms with E-state index >= 15 is 0 Å². The molecular weight excluding hydrogens is 338 g/mol. The Kier molecular flexibility index (Phi) is 5.11. The minimum atomic E-state index is 0.181. The van der Waals surface area contributed by atoms with Crippen LogP contribution < -0.4 is 5.32 Å². The zero-order valence-electron chi connectivity index (χ0n) is 16.2. The molecule has 3 aromatic rings. The van der Waals surface area contributed by atoms with Gasteiger partial charge in [-0.15, -0.1) is 0 Å². The van der Waals surface area contributed by atoms with Gasteiger partial charge in [-0.1, -0.05) is 68.8 Å². The van der Waals surface area contributed by atoms with Gasteiger partial charge < -0.3 is 5.32 Å². The quantitative estimate of drug-likeness (QED) is 0.503. The summed E-state index contributed by atoms with van der Waals surface area (Å²) >= 11 is 6.13. The number of halogens is 1. The molecule has 0 aromatic heterocycles. The summed E-state index contributed by atoms with van der Waals surface area (Å²) in [6, 6.07) is 21.4. The highest BCUT2D eigenvalue weighted by atomic mass is 35.5. The predicted molar refractivity (Wildman–Crippen MR) is 115 cm³/mol. The number of hydrogen-bond acceptors (Lipinski definition) is 1. The van der Waals surface area contributed by atoms with Crippen LogP contribution in [0.4, 0.5) is 11.4 Å². The zero-order valence-corrected chi connectivity index (χ0v) is 16.9. The molecule has 2 heteroatoms. The number of aryl methyl sites for hydroxylation is 2. The van der Waals surface area contributed by atoms with E-state index in [-0.39, 0.29) is 5.41 Å². The number of benzene rings is 3. The van der Waals surface area contributed by atoms with E-state index < -0.39 is 0 Å². The van der Waals surface area contributed by atoms with Crippen LogP contribution in [0.2, 0.25) is 5.02 Å². The summed E-state index contributed by atoms with van der Waals surface area (Å²) in [5.74, 6) is 0. The molecule has 0 aliphatic heterocycles. The van der Waals surface area contributed by atoms with Crippen LogP contribution in [-0.4, -0.2) is 0 Å². The van der Waals surface area contributed by atoms with Crippen LogP contribution in [0.5, 0.6) is 0 Å². The molecule has 134 valence electrons.